The molecule has 1 aromatic heterocycles. The second kappa shape index (κ2) is 13.0. The van der Waals surface area contributed by atoms with Crippen LogP contribution in [0.1, 0.15) is 30.9 Å². The van der Waals surface area contributed by atoms with Crippen molar-refractivity contribution in [1.82, 2.24) is 15.1 Å². The SMILES string of the molecule is CCOC(=O)Nc1cccc(Cn2nc(-c3cccc(CC(=O)NCCCCO)c3)ccc2=O)c1. The number of nitrogens with one attached hydrogen (secondary N) is 2. The fourth-order valence-corrected chi connectivity index (χ4v) is 3.47. The number of amides is 2. The molecule has 0 saturated carbocycles. The summed E-state index contributed by atoms with van der Waals surface area (Å²) in [6.07, 6.45) is 1.08. The lowest BCUT2D eigenvalue weighted by Crippen LogP contribution is -2.26. The first-order valence-electron chi connectivity index (χ1n) is 11.6. The summed E-state index contributed by atoms with van der Waals surface area (Å²) in [5, 5.41) is 18.8. The van der Waals surface area contributed by atoms with Gasteiger partial charge in [-0.25, -0.2) is 9.48 Å². The molecule has 0 saturated heterocycles. The first-order valence-corrected chi connectivity index (χ1v) is 11.6. The molecule has 3 N–H and O–H groups in total. The highest BCUT2D eigenvalue weighted by Gasteiger charge is 2.09. The van der Waals surface area contributed by atoms with Crippen LogP contribution in [0.15, 0.2) is 65.5 Å². The predicted octanol–water partition coefficient (Wildman–Crippen LogP) is 2.96. The third-order valence-electron chi connectivity index (χ3n) is 5.14. The molecule has 2 aromatic carbocycles. The molecule has 2 amide bonds. The lowest BCUT2D eigenvalue weighted by atomic mass is 10.1. The zero-order chi connectivity index (χ0) is 25.0. The molecule has 0 unspecified atom stereocenters. The maximum atomic E-state index is 12.5. The molecule has 0 atom stereocenters. The van der Waals surface area contributed by atoms with Crippen molar-refractivity contribution in [3.63, 3.8) is 0 Å². The van der Waals surface area contributed by atoms with Crippen molar-refractivity contribution in [1.29, 1.82) is 0 Å². The number of hydrogen-bond acceptors (Lipinski definition) is 6. The Kier molecular flexibility index (Phi) is 9.56. The Morgan fingerprint density at radius 1 is 1.03 bits per heavy atom. The van der Waals surface area contributed by atoms with Crippen LogP contribution in [-0.4, -0.2) is 46.6 Å². The molecule has 0 radical (unpaired) electrons. The van der Waals surface area contributed by atoms with Gasteiger partial charge in [0.15, 0.2) is 0 Å². The zero-order valence-electron chi connectivity index (χ0n) is 19.7. The monoisotopic (exact) mass is 478 g/mol. The summed E-state index contributed by atoms with van der Waals surface area (Å²) in [4.78, 5) is 36.3. The molecule has 0 spiro atoms. The number of unbranched alkanes of at least 4 members (excludes halogenated alkanes) is 1. The van der Waals surface area contributed by atoms with Crippen LogP contribution in [0.4, 0.5) is 10.5 Å². The number of nitrogens with zero attached hydrogens (tertiary/aromatic N) is 2. The molecule has 0 aliphatic heterocycles. The van der Waals surface area contributed by atoms with Gasteiger partial charge in [-0.05, 0) is 55.2 Å². The van der Waals surface area contributed by atoms with Crippen molar-refractivity contribution >= 4 is 17.7 Å². The van der Waals surface area contributed by atoms with E-state index in [9.17, 15) is 14.4 Å². The highest BCUT2D eigenvalue weighted by molar-refractivity contribution is 5.84. The number of aliphatic hydroxyl groups excluding tert-OH is 1. The van der Waals surface area contributed by atoms with Gasteiger partial charge in [-0.1, -0.05) is 30.3 Å². The minimum absolute atomic E-state index is 0.0886. The summed E-state index contributed by atoms with van der Waals surface area (Å²) in [5.74, 6) is -0.0886. The third kappa shape index (κ3) is 8.08. The van der Waals surface area contributed by atoms with E-state index in [1.54, 1.807) is 31.2 Å². The van der Waals surface area contributed by atoms with Crippen LogP contribution >= 0.6 is 0 Å². The first-order chi connectivity index (χ1) is 17.0. The van der Waals surface area contributed by atoms with E-state index in [-0.39, 0.29) is 37.6 Å². The van der Waals surface area contributed by atoms with E-state index >= 15 is 0 Å². The molecule has 3 aromatic rings. The number of carbonyl (C=O) groups is 2. The Bertz CT molecular complexity index is 1210. The topological polar surface area (TPSA) is 123 Å². The van der Waals surface area contributed by atoms with Crippen LogP contribution in [0.3, 0.4) is 0 Å². The van der Waals surface area contributed by atoms with Crippen LogP contribution in [0.25, 0.3) is 11.3 Å². The van der Waals surface area contributed by atoms with Crippen LogP contribution in [0.5, 0.6) is 0 Å². The Morgan fingerprint density at radius 2 is 1.83 bits per heavy atom. The van der Waals surface area contributed by atoms with Crippen molar-refractivity contribution < 1.29 is 19.4 Å². The molecule has 0 fully saturated rings. The highest BCUT2D eigenvalue weighted by atomic mass is 16.5. The fraction of sp³-hybridized carbons (Fsp3) is 0.308. The summed E-state index contributed by atoms with van der Waals surface area (Å²) >= 11 is 0. The maximum Gasteiger partial charge on any atom is 0.411 e. The fourth-order valence-electron chi connectivity index (χ4n) is 3.47. The molecule has 0 aliphatic carbocycles. The predicted molar refractivity (Wildman–Crippen MR) is 133 cm³/mol. The minimum atomic E-state index is -0.541. The van der Waals surface area contributed by atoms with Gasteiger partial charge < -0.3 is 15.2 Å². The number of aliphatic hydroxyl groups is 1. The normalized spacial score (nSPS) is 10.6. The molecule has 184 valence electrons. The van der Waals surface area contributed by atoms with Gasteiger partial charge in [0.25, 0.3) is 5.56 Å². The van der Waals surface area contributed by atoms with E-state index in [4.69, 9.17) is 9.84 Å². The number of anilines is 1. The van der Waals surface area contributed by atoms with Crippen LogP contribution in [-0.2, 0) is 22.5 Å². The lowest BCUT2D eigenvalue weighted by molar-refractivity contribution is -0.120. The van der Waals surface area contributed by atoms with Crippen LogP contribution in [0, 0.1) is 0 Å². The molecule has 1 heterocycles. The zero-order valence-corrected chi connectivity index (χ0v) is 19.7. The van der Waals surface area contributed by atoms with E-state index in [2.05, 4.69) is 15.7 Å². The Labute approximate surface area is 203 Å². The van der Waals surface area contributed by atoms with Gasteiger partial charge in [-0.3, -0.25) is 14.9 Å². The van der Waals surface area contributed by atoms with Crippen LogP contribution < -0.4 is 16.2 Å². The average Bonchev–Trinajstić information content (AvgIpc) is 2.84. The second-order valence-corrected chi connectivity index (χ2v) is 7.92. The van der Waals surface area contributed by atoms with E-state index in [1.807, 2.05) is 30.3 Å². The van der Waals surface area contributed by atoms with Gasteiger partial charge in [0.2, 0.25) is 5.91 Å². The smallest absolute Gasteiger partial charge is 0.411 e. The van der Waals surface area contributed by atoms with Gasteiger partial charge in [0, 0.05) is 30.5 Å². The quantitative estimate of drug-likeness (QED) is 0.364. The molecule has 35 heavy (non-hydrogen) atoms. The number of ether oxygens (including phenoxy) is 1. The first kappa shape index (κ1) is 25.6. The summed E-state index contributed by atoms with van der Waals surface area (Å²) in [5.41, 5.74) is 3.33. The molecule has 3 rings (SSSR count). The Hall–Kier alpha value is -3.98. The number of benzene rings is 2. The molecule has 0 bridgehead atoms. The Balaban J connectivity index is 1.72. The number of aromatic nitrogens is 2. The molecular weight excluding hydrogens is 448 g/mol. The Morgan fingerprint density at radius 3 is 2.63 bits per heavy atom. The highest BCUT2D eigenvalue weighted by Crippen LogP contribution is 2.18. The number of carbonyl (C=O) groups excluding carboxylic acids is 2. The molecule has 0 aliphatic rings. The minimum Gasteiger partial charge on any atom is -0.450 e. The van der Waals surface area contributed by atoms with Crippen molar-refractivity contribution in [2.24, 2.45) is 0 Å². The van der Waals surface area contributed by atoms with Crippen molar-refractivity contribution in [2.75, 3.05) is 25.1 Å². The van der Waals surface area contributed by atoms with E-state index in [0.29, 0.717) is 24.3 Å². The molecule has 9 heteroatoms. The van der Waals surface area contributed by atoms with E-state index < -0.39 is 6.09 Å². The van der Waals surface area contributed by atoms with Crippen molar-refractivity contribution in [2.45, 2.75) is 32.7 Å². The number of rotatable bonds is 11. The van der Waals surface area contributed by atoms with Crippen LogP contribution in [0.2, 0.25) is 0 Å². The third-order valence-corrected chi connectivity index (χ3v) is 5.14. The largest absolute Gasteiger partial charge is 0.450 e. The average molecular weight is 479 g/mol. The standard InChI is InChI=1S/C26H30N4O5/c1-2-35-26(34)28-22-10-6-8-20(16-22)18-30-25(33)12-11-23(29-30)21-9-5-7-19(15-21)17-24(32)27-13-3-4-14-31/h5-12,15-16,31H,2-4,13-14,17-18H2,1H3,(H,27,32)(H,28,34). The number of hydrogen-bond donors (Lipinski definition) is 3. The van der Waals surface area contributed by atoms with E-state index in [1.165, 1.54) is 10.7 Å². The summed E-state index contributed by atoms with van der Waals surface area (Å²) in [6, 6.07) is 17.7. The van der Waals surface area contributed by atoms with Gasteiger partial charge in [0.1, 0.15) is 0 Å². The lowest BCUT2D eigenvalue weighted by Gasteiger charge is -2.10. The van der Waals surface area contributed by atoms with Gasteiger partial charge in [-0.2, -0.15) is 5.10 Å². The summed E-state index contributed by atoms with van der Waals surface area (Å²) in [6.45, 7) is 2.87. The van der Waals surface area contributed by atoms with E-state index in [0.717, 1.165) is 23.1 Å². The molecular formula is C26H30N4O5. The van der Waals surface area contributed by atoms with Crippen molar-refractivity contribution in [3.05, 3.63) is 82.1 Å². The second-order valence-electron chi connectivity index (χ2n) is 7.92. The van der Waals surface area contributed by atoms with Gasteiger partial charge in [0.05, 0.1) is 25.3 Å². The summed E-state index contributed by atoms with van der Waals surface area (Å²) < 4.78 is 6.26. The van der Waals surface area contributed by atoms with Gasteiger partial charge >= 0.3 is 6.09 Å². The van der Waals surface area contributed by atoms with Gasteiger partial charge in [-0.15, -0.1) is 0 Å². The maximum absolute atomic E-state index is 12.5. The molecule has 9 nitrogen and oxygen atoms in total. The summed E-state index contributed by atoms with van der Waals surface area (Å²) in [7, 11) is 0. The van der Waals surface area contributed by atoms with Crippen molar-refractivity contribution in [3.8, 4) is 11.3 Å².